The van der Waals surface area contributed by atoms with Crippen molar-refractivity contribution < 1.29 is 14.3 Å². The zero-order valence-electron chi connectivity index (χ0n) is 14.0. The quantitative estimate of drug-likeness (QED) is 0.842. The van der Waals surface area contributed by atoms with E-state index in [1.54, 1.807) is 4.90 Å². The average molecular weight is 316 g/mol. The van der Waals surface area contributed by atoms with Crippen molar-refractivity contribution >= 4 is 17.5 Å². The van der Waals surface area contributed by atoms with Crippen molar-refractivity contribution in [3.8, 4) is 0 Å². The molecule has 0 N–H and O–H groups in total. The van der Waals surface area contributed by atoms with E-state index in [0.29, 0.717) is 25.1 Å². The van der Waals surface area contributed by atoms with Gasteiger partial charge in [-0.05, 0) is 45.4 Å². The van der Waals surface area contributed by atoms with E-state index in [4.69, 9.17) is 4.74 Å². The summed E-state index contributed by atoms with van der Waals surface area (Å²) in [5, 5.41) is 0. The van der Waals surface area contributed by atoms with Gasteiger partial charge in [-0.3, -0.25) is 9.59 Å². The molecule has 2 amide bonds. The monoisotopic (exact) mass is 316 g/mol. The first-order valence-corrected chi connectivity index (χ1v) is 8.22. The van der Waals surface area contributed by atoms with Crippen molar-refractivity contribution in [3.05, 3.63) is 29.8 Å². The van der Waals surface area contributed by atoms with Crippen molar-refractivity contribution in [2.24, 2.45) is 0 Å². The van der Waals surface area contributed by atoms with Crippen LogP contribution in [0.15, 0.2) is 24.3 Å². The van der Waals surface area contributed by atoms with E-state index in [0.717, 1.165) is 18.7 Å². The summed E-state index contributed by atoms with van der Waals surface area (Å²) in [5.41, 5.74) is 1.12. The minimum absolute atomic E-state index is 0.00125. The Morgan fingerprint density at radius 2 is 2.13 bits per heavy atom. The summed E-state index contributed by atoms with van der Waals surface area (Å²) in [6, 6.07) is 7.41. The first-order chi connectivity index (χ1) is 10.9. The van der Waals surface area contributed by atoms with E-state index >= 15 is 0 Å². The summed E-state index contributed by atoms with van der Waals surface area (Å²) < 4.78 is 5.68. The number of ether oxygens (including phenoxy) is 1. The molecule has 0 spiro atoms. The molecule has 1 aromatic rings. The maximum absolute atomic E-state index is 13.0. The summed E-state index contributed by atoms with van der Waals surface area (Å²) in [5.74, 6) is 0.133. The molecular weight excluding hydrogens is 292 g/mol. The molecule has 0 bridgehead atoms. The molecule has 0 aromatic heterocycles. The highest BCUT2D eigenvalue weighted by molar-refractivity contribution is 5.99. The van der Waals surface area contributed by atoms with Crippen molar-refractivity contribution in [1.29, 1.82) is 0 Å². The predicted octanol–water partition coefficient (Wildman–Crippen LogP) is 2.45. The van der Waals surface area contributed by atoms with Gasteiger partial charge < -0.3 is 14.5 Å². The first kappa shape index (κ1) is 16.0. The number of nitrogens with zero attached hydrogens (tertiary/aromatic N) is 2. The van der Waals surface area contributed by atoms with Crippen LogP contribution in [0.25, 0.3) is 0 Å². The van der Waals surface area contributed by atoms with Gasteiger partial charge in [0.15, 0.2) is 0 Å². The van der Waals surface area contributed by atoms with Crippen molar-refractivity contribution in [2.45, 2.75) is 45.3 Å². The predicted molar refractivity (Wildman–Crippen MR) is 88.6 cm³/mol. The second-order valence-corrected chi connectivity index (χ2v) is 7.05. The van der Waals surface area contributed by atoms with Gasteiger partial charge >= 0.3 is 0 Å². The molecule has 2 aliphatic rings. The second kappa shape index (κ2) is 5.96. The number of rotatable bonds is 2. The molecule has 2 saturated heterocycles. The maximum atomic E-state index is 13.0. The molecule has 2 fully saturated rings. The number of carbonyl (C=O) groups excluding carboxylic acids is 2. The summed E-state index contributed by atoms with van der Waals surface area (Å²) in [4.78, 5) is 28.5. The molecule has 1 aromatic carbocycles. The van der Waals surface area contributed by atoms with E-state index in [2.05, 4.69) is 0 Å². The van der Waals surface area contributed by atoms with Gasteiger partial charge in [-0.2, -0.15) is 0 Å². The van der Waals surface area contributed by atoms with Crippen LogP contribution in [-0.2, 0) is 9.53 Å². The summed E-state index contributed by atoms with van der Waals surface area (Å²) in [6.45, 7) is 7.86. The van der Waals surface area contributed by atoms with E-state index in [-0.39, 0.29) is 23.5 Å². The summed E-state index contributed by atoms with van der Waals surface area (Å²) in [6.07, 6.45) is 1.51. The molecule has 5 nitrogen and oxygen atoms in total. The molecule has 3 rings (SSSR count). The third-order valence-electron chi connectivity index (χ3n) is 4.61. The van der Waals surface area contributed by atoms with Crippen LogP contribution in [0.4, 0.5) is 5.69 Å². The maximum Gasteiger partial charge on any atom is 0.254 e. The highest BCUT2D eigenvalue weighted by Gasteiger charge is 2.37. The van der Waals surface area contributed by atoms with Crippen molar-refractivity contribution in [2.75, 3.05) is 24.6 Å². The molecule has 2 aliphatic heterocycles. The largest absolute Gasteiger partial charge is 0.374 e. The molecule has 2 heterocycles. The third-order valence-corrected chi connectivity index (χ3v) is 4.61. The van der Waals surface area contributed by atoms with Crippen LogP contribution in [0.1, 0.15) is 44.0 Å². The van der Waals surface area contributed by atoms with E-state index in [1.807, 2.05) is 49.9 Å². The fourth-order valence-corrected chi connectivity index (χ4v) is 3.22. The average Bonchev–Trinajstić information content (AvgIpc) is 2.95. The third kappa shape index (κ3) is 3.11. The first-order valence-electron chi connectivity index (χ1n) is 8.22. The van der Waals surface area contributed by atoms with Crippen LogP contribution in [0.2, 0.25) is 0 Å². The standard InChI is InChI=1S/C18H24N2O3/c1-13-11-20(18(2,3)12-23-13)17(22)14-6-4-7-15(10-14)19-9-5-8-16(19)21/h4,6-7,10,13H,5,8-9,11-12H2,1-3H3. The Labute approximate surface area is 137 Å². The molecule has 0 aliphatic carbocycles. The van der Waals surface area contributed by atoms with Gasteiger partial charge in [-0.15, -0.1) is 0 Å². The van der Waals surface area contributed by atoms with E-state index in [1.165, 1.54) is 0 Å². The van der Waals surface area contributed by atoms with Crippen LogP contribution < -0.4 is 4.90 Å². The molecule has 1 atom stereocenters. The second-order valence-electron chi connectivity index (χ2n) is 7.05. The van der Waals surface area contributed by atoms with Gasteiger partial charge in [-0.25, -0.2) is 0 Å². The normalized spacial score (nSPS) is 24.1. The van der Waals surface area contributed by atoms with Crippen LogP contribution in [0.3, 0.4) is 0 Å². The summed E-state index contributed by atoms with van der Waals surface area (Å²) in [7, 11) is 0. The molecule has 23 heavy (non-hydrogen) atoms. The Kier molecular flexibility index (Phi) is 4.15. The lowest BCUT2D eigenvalue weighted by Crippen LogP contribution is -2.57. The highest BCUT2D eigenvalue weighted by atomic mass is 16.5. The molecule has 0 radical (unpaired) electrons. The van der Waals surface area contributed by atoms with Gasteiger partial charge in [0, 0.05) is 30.8 Å². The fourth-order valence-electron chi connectivity index (χ4n) is 3.22. The van der Waals surface area contributed by atoms with Gasteiger partial charge in [0.05, 0.1) is 18.2 Å². The molecular formula is C18H24N2O3. The Morgan fingerprint density at radius 1 is 1.35 bits per heavy atom. The lowest BCUT2D eigenvalue weighted by molar-refractivity contribution is -0.117. The number of amides is 2. The van der Waals surface area contributed by atoms with Crippen LogP contribution >= 0.6 is 0 Å². The number of morpholine rings is 1. The zero-order chi connectivity index (χ0) is 16.6. The minimum atomic E-state index is -0.330. The number of hydrogen-bond acceptors (Lipinski definition) is 3. The lowest BCUT2D eigenvalue weighted by atomic mass is 9.99. The SMILES string of the molecule is CC1CN(C(=O)c2cccc(N3CCCC3=O)c2)C(C)(C)CO1. The Bertz CT molecular complexity index is 626. The number of anilines is 1. The van der Waals surface area contributed by atoms with Gasteiger partial charge in [0.2, 0.25) is 5.91 Å². The highest BCUT2D eigenvalue weighted by Crippen LogP contribution is 2.27. The van der Waals surface area contributed by atoms with Gasteiger partial charge in [0.25, 0.3) is 5.91 Å². The fraction of sp³-hybridized carbons (Fsp3) is 0.556. The Hall–Kier alpha value is -1.88. The minimum Gasteiger partial charge on any atom is -0.374 e. The molecule has 5 heteroatoms. The van der Waals surface area contributed by atoms with Gasteiger partial charge in [-0.1, -0.05) is 6.07 Å². The van der Waals surface area contributed by atoms with Gasteiger partial charge in [0.1, 0.15) is 0 Å². The number of carbonyl (C=O) groups is 2. The number of benzene rings is 1. The summed E-state index contributed by atoms with van der Waals surface area (Å²) >= 11 is 0. The Morgan fingerprint density at radius 3 is 2.83 bits per heavy atom. The molecule has 0 saturated carbocycles. The smallest absolute Gasteiger partial charge is 0.254 e. The van der Waals surface area contributed by atoms with Crippen LogP contribution in [0.5, 0.6) is 0 Å². The van der Waals surface area contributed by atoms with E-state index in [9.17, 15) is 9.59 Å². The molecule has 1 unspecified atom stereocenters. The lowest BCUT2D eigenvalue weighted by Gasteiger charge is -2.44. The Balaban J connectivity index is 1.86. The molecule has 124 valence electrons. The number of hydrogen-bond donors (Lipinski definition) is 0. The topological polar surface area (TPSA) is 49.9 Å². The zero-order valence-corrected chi connectivity index (χ0v) is 14.0. The van der Waals surface area contributed by atoms with Crippen molar-refractivity contribution in [1.82, 2.24) is 4.90 Å². The van der Waals surface area contributed by atoms with Crippen molar-refractivity contribution in [3.63, 3.8) is 0 Å². The van der Waals surface area contributed by atoms with E-state index < -0.39 is 0 Å². The van der Waals surface area contributed by atoms with Crippen LogP contribution in [-0.4, -0.2) is 48.1 Å². The van der Waals surface area contributed by atoms with Crippen LogP contribution in [0, 0.1) is 0 Å².